The molecule has 5 heteroatoms. The van der Waals surface area contributed by atoms with Crippen molar-refractivity contribution in [1.82, 2.24) is 14.9 Å². The number of nitrogens with one attached hydrogen (secondary N) is 1. The smallest absolute Gasteiger partial charge is 0.169 e. The van der Waals surface area contributed by atoms with Crippen LogP contribution in [0.1, 0.15) is 186 Å². The van der Waals surface area contributed by atoms with Crippen molar-refractivity contribution in [2.75, 3.05) is 13.1 Å². The molecule has 0 radical (unpaired) electrons. The molecule has 2 atom stereocenters. The molecular formula is C45H77N3O2. The van der Waals surface area contributed by atoms with Gasteiger partial charge in [0.15, 0.2) is 5.79 Å². The highest BCUT2D eigenvalue weighted by Crippen LogP contribution is 2.40. The molecule has 1 N–H and O–H groups in total. The molecule has 3 heterocycles. The number of unbranched alkanes of at least 4 members (excludes halogenated alkanes) is 18. The third-order valence-corrected chi connectivity index (χ3v) is 10.5. The van der Waals surface area contributed by atoms with Crippen molar-refractivity contribution < 1.29 is 9.47 Å². The highest BCUT2D eigenvalue weighted by Gasteiger charge is 2.50. The monoisotopic (exact) mass is 692 g/mol. The minimum absolute atomic E-state index is 0.201. The molecule has 0 amide bonds. The molecule has 284 valence electrons. The molecule has 0 aliphatic carbocycles. The van der Waals surface area contributed by atoms with Crippen LogP contribution >= 0.6 is 0 Å². The molecule has 0 saturated carbocycles. The predicted molar refractivity (Wildman–Crippen MR) is 214 cm³/mol. The van der Waals surface area contributed by atoms with Gasteiger partial charge in [0.25, 0.3) is 0 Å². The van der Waals surface area contributed by atoms with Crippen molar-refractivity contribution in [3.8, 4) is 0 Å². The first-order valence-electron chi connectivity index (χ1n) is 21.4. The molecule has 5 nitrogen and oxygen atoms in total. The summed E-state index contributed by atoms with van der Waals surface area (Å²) in [5.74, 6) is -0.361. The lowest BCUT2D eigenvalue weighted by molar-refractivity contribution is -0.194. The Bertz CT molecular complexity index is 965. The molecule has 2 saturated heterocycles. The largest absolute Gasteiger partial charge is 0.347 e. The molecule has 2 aliphatic rings. The van der Waals surface area contributed by atoms with Crippen LogP contribution < -0.4 is 0 Å². The Hall–Kier alpha value is -1.95. The lowest BCUT2D eigenvalue weighted by atomic mass is 9.98. The first kappa shape index (κ1) is 42.5. The summed E-state index contributed by atoms with van der Waals surface area (Å²) in [4.78, 5) is 9.89. The van der Waals surface area contributed by atoms with Crippen molar-refractivity contribution in [3.05, 3.63) is 66.8 Å². The van der Waals surface area contributed by atoms with Gasteiger partial charge in [-0.1, -0.05) is 140 Å². The van der Waals surface area contributed by atoms with E-state index in [1.54, 1.807) is 6.33 Å². The van der Waals surface area contributed by atoms with E-state index in [4.69, 9.17) is 9.47 Å². The van der Waals surface area contributed by atoms with Crippen LogP contribution in [0.4, 0.5) is 0 Å². The van der Waals surface area contributed by atoms with E-state index in [9.17, 15) is 0 Å². The zero-order valence-corrected chi connectivity index (χ0v) is 32.6. The number of aromatic amines is 1. The number of hydrogen-bond acceptors (Lipinski definition) is 4. The molecule has 2 fully saturated rings. The van der Waals surface area contributed by atoms with Crippen LogP contribution in [0.3, 0.4) is 0 Å². The van der Waals surface area contributed by atoms with Crippen LogP contribution in [-0.4, -0.2) is 46.0 Å². The Balaban J connectivity index is 1.26. The first-order chi connectivity index (χ1) is 24.7. The van der Waals surface area contributed by atoms with E-state index in [-0.39, 0.29) is 18.0 Å². The normalized spacial score (nSPS) is 19.4. The zero-order chi connectivity index (χ0) is 35.2. The van der Waals surface area contributed by atoms with Crippen molar-refractivity contribution in [2.45, 2.75) is 205 Å². The first-order valence-corrected chi connectivity index (χ1v) is 21.4. The van der Waals surface area contributed by atoms with Crippen molar-refractivity contribution >= 4 is 0 Å². The third-order valence-electron chi connectivity index (χ3n) is 10.5. The van der Waals surface area contributed by atoms with Gasteiger partial charge in [-0.25, -0.2) is 4.98 Å². The highest BCUT2D eigenvalue weighted by atomic mass is 16.8. The lowest BCUT2D eigenvalue weighted by Gasteiger charge is -2.30. The Kier molecular flexibility index (Phi) is 24.3. The van der Waals surface area contributed by atoms with E-state index in [0.29, 0.717) is 0 Å². The fraction of sp³-hybridized carbons (Fsp3) is 0.756. The summed E-state index contributed by atoms with van der Waals surface area (Å²) in [6.07, 6.45) is 55.8. The molecule has 0 bridgehead atoms. The van der Waals surface area contributed by atoms with Crippen LogP contribution in [0.5, 0.6) is 0 Å². The Morgan fingerprint density at radius 1 is 0.600 bits per heavy atom. The molecule has 1 aromatic heterocycles. The molecule has 50 heavy (non-hydrogen) atoms. The predicted octanol–water partition coefficient (Wildman–Crippen LogP) is 13.1. The zero-order valence-electron chi connectivity index (χ0n) is 32.6. The van der Waals surface area contributed by atoms with Crippen LogP contribution in [0.25, 0.3) is 0 Å². The molecule has 0 unspecified atom stereocenters. The topological polar surface area (TPSA) is 50.4 Å². The second-order valence-electron chi connectivity index (χ2n) is 15.2. The minimum atomic E-state index is -0.361. The fourth-order valence-corrected chi connectivity index (χ4v) is 7.49. The second kappa shape index (κ2) is 28.6. The van der Waals surface area contributed by atoms with E-state index >= 15 is 0 Å². The van der Waals surface area contributed by atoms with Crippen molar-refractivity contribution in [2.24, 2.45) is 0 Å². The highest BCUT2D eigenvalue weighted by molar-refractivity contribution is 5.00. The Labute approximate surface area is 308 Å². The van der Waals surface area contributed by atoms with Gasteiger partial charge < -0.3 is 14.5 Å². The molecule has 3 rings (SSSR count). The van der Waals surface area contributed by atoms with Crippen LogP contribution in [0.2, 0.25) is 0 Å². The summed E-state index contributed by atoms with van der Waals surface area (Å²) in [6.45, 7) is 7.35. The van der Waals surface area contributed by atoms with Gasteiger partial charge in [0.2, 0.25) is 0 Å². The van der Waals surface area contributed by atoms with Gasteiger partial charge >= 0.3 is 0 Å². The van der Waals surface area contributed by atoms with Gasteiger partial charge in [0.05, 0.1) is 6.33 Å². The van der Waals surface area contributed by atoms with Gasteiger partial charge in [0, 0.05) is 44.4 Å². The standard InChI is InChI=1S/C45H77N3O2/c1-3-5-7-9-11-13-15-17-19-21-23-25-27-29-31-33-35-45(49-43-39-48(40-44(43)50-45)38-42-37-46-41-47-42)36-34-32-30-28-26-24-22-20-18-16-14-12-10-8-6-4-2/h11-14,17-20,37,41,43-44H,3-10,15-16,21-36,38-40H2,1-2H3,(H,46,47)/b13-11-,14-12-,19-17-,20-18-/t43-,44-/m0/s1. The number of rotatable bonds is 32. The van der Waals surface area contributed by atoms with Gasteiger partial charge in [-0.2, -0.15) is 0 Å². The number of likely N-dealkylation sites (tertiary alicyclic amines) is 1. The third kappa shape index (κ3) is 19.6. The summed E-state index contributed by atoms with van der Waals surface area (Å²) in [5.41, 5.74) is 1.17. The molecular weight excluding hydrogens is 615 g/mol. The number of allylic oxidation sites excluding steroid dienone is 8. The van der Waals surface area contributed by atoms with E-state index in [1.807, 2.05) is 6.20 Å². The summed E-state index contributed by atoms with van der Waals surface area (Å²) in [5, 5.41) is 0. The van der Waals surface area contributed by atoms with Gasteiger partial charge in [-0.15, -0.1) is 0 Å². The van der Waals surface area contributed by atoms with Crippen LogP contribution in [0, 0.1) is 0 Å². The summed E-state index contributed by atoms with van der Waals surface area (Å²) in [6, 6.07) is 0. The summed E-state index contributed by atoms with van der Waals surface area (Å²) in [7, 11) is 0. The molecule has 2 aliphatic heterocycles. The SMILES string of the molecule is CCCCC/C=C\C/C=C\CCCCCCCCC1(CCCCCCCC/C=C\C/C=C\CCCCC)O[C@H]2CN(Cc3cnc[nH]3)C[C@@H]2O1. The van der Waals surface area contributed by atoms with E-state index < -0.39 is 0 Å². The molecule has 1 aromatic rings. The van der Waals surface area contributed by atoms with Crippen molar-refractivity contribution in [3.63, 3.8) is 0 Å². The maximum absolute atomic E-state index is 6.86. The molecule has 0 spiro atoms. The number of nitrogens with zero attached hydrogens (tertiary/aromatic N) is 2. The average Bonchev–Trinajstić information content (AvgIpc) is 3.84. The quantitative estimate of drug-likeness (QED) is 0.0603. The number of H-pyrrole nitrogens is 1. The van der Waals surface area contributed by atoms with E-state index in [1.165, 1.54) is 147 Å². The van der Waals surface area contributed by atoms with E-state index in [0.717, 1.165) is 45.3 Å². The number of aromatic nitrogens is 2. The van der Waals surface area contributed by atoms with Gasteiger partial charge in [-0.3, -0.25) is 4.90 Å². The van der Waals surface area contributed by atoms with Crippen molar-refractivity contribution in [1.29, 1.82) is 0 Å². The number of ether oxygens (including phenoxy) is 2. The van der Waals surface area contributed by atoms with Gasteiger partial charge in [0.1, 0.15) is 12.2 Å². The maximum Gasteiger partial charge on any atom is 0.169 e. The second-order valence-corrected chi connectivity index (χ2v) is 15.2. The minimum Gasteiger partial charge on any atom is -0.347 e. The lowest BCUT2D eigenvalue weighted by Crippen LogP contribution is -2.35. The Morgan fingerprint density at radius 3 is 1.44 bits per heavy atom. The van der Waals surface area contributed by atoms with Crippen LogP contribution in [-0.2, 0) is 16.0 Å². The van der Waals surface area contributed by atoms with Gasteiger partial charge in [-0.05, 0) is 77.0 Å². The number of fused-ring (bicyclic) bond motifs is 1. The fourth-order valence-electron chi connectivity index (χ4n) is 7.49. The maximum atomic E-state index is 6.86. The number of imidazole rings is 1. The average molecular weight is 692 g/mol. The summed E-state index contributed by atoms with van der Waals surface area (Å²) < 4.78 is 13.7. The molecule has 0 aromatic carbocycles. The summed E-state index contributed by atoms with van der Waals surface area (Å²) >= 11 is 0. The van der Waals surface area contributed by atoms with Crippen LogP contribution in [0.15, 0.2) is 61.1 Å². The van der Waals surface area contributed by atoms with E-state index in [2.05, 4.69) is 77.3 Å². The Morgan fingerprint density at radius 2 is 1.02 bits per heavy atom. The number of hydrogen-bond donors (Lipinski definition) is 1.